The SMILES string of the molecule is O=C(Nc1ccc(Cl)cc1NC(=O)c1ccco1)c1cc(F)cc(F)c1. The van der Waals surface area contributed by atoms with E-state index in [2.05, 4.69) is 10.6 Å². The van der Waals surface area contributed by atoms with Gasteiger partial charge in [0.2, 0.25) is 0 Å². The lowest BCUT2D eigenvalue weighted by Crippen LogP contribution is -2.17. The van der Waals surface area contributed by atoms with Gasteiger partial charge in [-0.15, -0.1) is 0 Å². The summed E-state index contributed by atoms with van der Waals surface area (Å²) in [6.45, 7) is 0. The highest BCUT2D eigenvalue weighted by Gasteiger charge is 2.15. The molecule has 1 aromatic heterocycles. The van der Waals surface area contributed by atoms with E-state index in [4.69, 9.17) is 16.0 Å². The molecule has 0 radical (unpaired) electrons. The van der Waals surface area contributed by atoms with Crippen LogP contribution in [0.25, 0.3) is 0 Å². The van der Waals surface area contributed by atoms with Crippen LogP contribution in [0.3, 0.4) is 0 Å². The molecule has 3 rings (SSSR count). The zero-order valence-corrected chi connectivity index (χ0v) is 13.8. The summed E-state index contributed by atoms with van der Waals surface area (Å²) in [4.78, 5) is 24.4. The van der Waals surface area contributed by atoms with Crippen LogP contribution in [-0.4, -0.2) is 11.8 Å². The molecule has 0 spiro atoms. The van der Waals surface area contributed by atoms with Gasteiger partial charge in [-0.2, -0.15) is 0 Å². The van der Waals surface area contributed by atoms with Gasteiger partial charge in [-0.25, -0.2) is 8.78 Å². The highest BCUT2D eigenvalue weighted by Crippen LogP contribution is 2.27. The molecule has 0 aliphatic carbocycles. The molecule has 2 N–H and O–H groups in total. The largest absolute Gasteiger partial charge is 0.459 e. The lowest BCUT2D eigenvalue weighted by molar-refractivity contribution is 0.0993. The highest BCUT2D eigenvalue weighted by molar-refractivity contribution is 6.31. The number of benzene rings is 2. The van der Waals surface area contributed by atoms with Crippen LogP contribution in [0.1, 0.15) is 20.9 Å². The van der Waals surface area contributed by atoms with E-state index in [0.29, 0.717) is 11.1 Å². The number of carbonyl (C=O) groups excluding carboxylic acids is 2. The van der Waals surface area contributed by atoms with Crippen molar-refractivity contribution in [1.29, 1.82) is 0 Å². The number of nitrogens with one attached hydrogen (secondary N) is 2. The van der Waals surface area contributed by atoms with Crippen molar-refractivity contribution in [3.05, 3.63) is 82.8 Å². The number of furan rings is 1. The molecular weight excluding hydrogens is 366 g/mol. The Balaban J connectivity index is 1.85. The molecule has 8 heteroatoms. The average molecular weight is 377 g/mol. The van der Waals surface area contributed by atoms with Crippen LogP contribution in [0.15, 0.2) is 59.2 Å². The minimum atomic E-state index is -0.877. The monoisotopic (exact) mass is 376 g/mol. The average Bonchev–Trinajstić information content (AvgIpc) is 3.11. The van der Waals surface area contributed by atoms with Crippen molar-refractivity contribution in [1.82, 2.24) is 0 Å². The van der Waals surface area contributed by atoms with Crippen LogP contribution in [-0.2, 0) is 0 Å². The van der Waals surface area contributed by atoms with Crippen LogP contribution in [0, 0.1) is 11.6 Å². The molecular formula is C18H11ClF2N2O3. The predicted molar refractivity (Wildman–Crippen MR) is 92.4 cm³/mol. The fourth-order valence-electron chi connectivity index (χ4n) is 2.20. The molecule has 1 heterocycles. The molecule has 132 valence electrons. The van der Waals surface area contributed by atoms with Crippen LogP contribution in [0.4, 0.5) is 20.2 Å². The van der Waals surface area contributed by atoms with E-state index < -0.39 is 23.4 Å². The van der Waals surface area contributed by atoms with E-state index in [1.165, 1.54) is 30.5 Å². The molecule has 2 aromatic carbocycles. The number of halogens is 3. The van der Waals surface area contributed by atoms with E-state index in [1.807, 2.05) is 0 Å². The second kappa shape index (κ2) is 7.37. The molecule has 0 bridgehead atoms. The van der Waals surface area contributed by atoms with E-state index >= 15 is 0 Å². The first-order valence-electron chi connectivity index (χ1n) is 7.34. The Kier molecular flexibility index (Phi) is 4.99. The molecule has 0 saturated carbocycles. The van der Waals surface area contributed by atoms with Gasteiger partial charge < -0.3 is 15.1 Å². The third kappa shape index (κ3) is 4.07. The van der Waals surface area contributed by atoms with Crippen molar-refractivity contribution in [2.45, 2.75) is 0 Å². The van der Waals surface area contributed by atoms with Gasteiger partial charge >= 0.3 is 0 Å². The van der Waals surface area contributed by atoms with Crippen molar-refractivity contribution >= 4 is 34.8 Å². The molecule has 2 amide bonds. The first-order chi connectivity index (χ1) is 12.4. The zero-order chi connectivity index (χ0) is 18.7. The Labute approximate surface area is 151 Å². The van der Waals surface area contributed by atoms with Crippen LogP contribution < -0.4 is 10.6 Å². The van der Waals surface area contributed by atoms with Crippen LogP contribution in [0.5, 0.6) is 0 Å². The number of hydrogen-bond acceptors (Lipinski definition) is 3. The summed E-state index contributed by atoms with van der Waals surface area (Å²) >= 11 is 5.93. The molecule has 0 aliphatic rings. The Morgan fingerprint density at radius 3 is 2.23 bits per heavy atom. The predicted octanol–water partition coefficient (Wildman–Crippen LogP) is 4.72. The lowest BCUT2D eigenvalue weighted by Gasteiger charge is -2.12. The van der Waals surface area contributed by atoms with Gasteiger partial charge in [-0.05, 0) is 42.5 Å². The first-order valence-corrected chi connectivity index (χ1v) is 7.72. The summed E-state index contributed by atoms with van der Waals surface area (Å²) in [6, 6.07) is 9.84. The van der Waals surface area contributed by atoms with Gasteiger partial charge in [-0.3, -0.25) is 9.59 Å². The Hall–Kier alpha value is -3.19. The van der Waals surface area contributed by atoms with Gasteiger partial charge in [0, 0.05) is 16.7 Å². The summed E-state index contributed by atoms with van der Waals surface area (Å²) in [6.07, 6.45) is 1.34. The second-order valence-electron chi connectivity index (χ2n) is 5.23. The molecule has 0 saturated heterocycles. The number of amides is 2. The maximum Gasteiger partial charge on any atom is 0.291 e. The first kappa shape index (κ1) is 17.6. The molecule has 5 nitrogen and oxygen atoms in total. The van der Waals surface area contributed by atoms with E-state index in [-0.39, 0.29) is 22.7 Å². The maximum atomic E-state index is 13.3. The van der Waals surface area contributed by atoms with Gasteiger partial charge in [0.1, 0.15) is 11.6 Å². The summed E-state index contributed by atoms with van der Waals surface area (Å²) < 4.78 is 31.6. The lowest BCUT2D eigenvalue weighted by atomic mass is 10.2. The van der Waals surface area contributed by atoms with E-state index in [9.17, 15) is 18.4 Å². The Morgan fingerprint density at radius 2 is 1.58 bits per heavy atom. The molecule has 0 unspecified atom stereocenters. The van der Waals surface area contributed by atoms with E-state index in [0.717, 1.165) is 12.1 Å². The van der Waals surface area contributed by atoms with Gasteiger partial charge in [0.25, 0.3) is 11.8 Å². The highest BCUT2D eigenvalue weighted by atomic mass is 35.5. The number of hydrogen-bond donors (Lipinski definition) is 2. The van der Waals surface area contributed by atoms with Gasteiger partial charge in [-0.1, -0.05) is 11.6 Å². The van der Waals surface area contributed by atoms with Crippen LogP contribution in [0.2, 0.25) is 5.02 Å². The number of carbonyl (C=O) groups is 2. The minimum absolute atomic E-state index is 0.0643. The normalized spacial score (nSPS) is 10.4. The summed E-state index contributed by atoms with van der Waals surface area (Å²) in [7, 11) is 0. The van der Waals surface area contributed by atoms with Crippen molar-refractivity contribution < 1.29 is 22.8 Å². The molecule has 0 atom stereocenters. The molecule has 0 fully saturated rings. The summed E-state index contributed by atoms with van der Waals surface area (Å²) in [5, 5.41) is 5.35. The quantitative estimate of drug-likeness (QED) is 0.692. The molecule has 0 aliphatic heterocycles. The fraction of sp³-hybridized carbons (Fsp3) is 0. The fourth-order valence-corrected chi connectivity index (χ4v) is 2.37. The Morgan fingerprint density at radius 1 is 0.885 bits per heavy atom. The van der Waals surface area contributed by atoms with Crippen molar-refractivity contribution in [3.8, 4) is 0 Å². The van der Waals surface area contributed by atoms with Crippen molar-refractivity contribution in [2.75, 3.05) is 10.6 Å². The maximum absolute atomic E-state index is 13.3. The number of anilines is 2. The van der Waals surface area contributed by atoms with Gasteiger partial charge in [0.15, 0.2) is 5.76 Å². The molecule has 3 aromatic rings. The second-order valence-corrected chi connectivity index (χ2v) is 5.67. The summed E-state index contributed by atoms with van der Waals surface area (Å²) in [5.41, 5.74) is 0.189. The minimum Gasteiger partial charge on any atom is -0.459 e. The van der Waals surface area contributed by atoms with Crippen molar-refractivity contribution in [2.24, 2.45) is 0 Å². The third-order valence-electron chi connectivity index (χ3n) is 3.35. The van der Waals surface area contributed by atoms with E-state index in [1.54, 1.807) is 6.07 Å². The standard InChI is InChI=1S/C18H11ClF2N2O3/c19-11-3-4-14(15(8-11)23-18(25)16-2-1-5-26-16)22-17(24)10-6-12(20)9-13(21)7-10/h1-9H,(H,22,24)(H,23,25). The number of rotatable bonds is 4. The molecule has 26 heavy (non-hydrogen) atoms. The zero-order valence-electron chi connectivity index (χ0n) is 13.1. The smallest absolute Gasteiger partial charge is 0.291 e. The van der Waals surface area contributed by atoms with Gasteiger partial charge in [0.05, 0.1) is 17.6 Å². The topological polar surface area (TPSA) is 71.3 Å². The van der Waals surface area contributed by atoms with Crippen molar-refractivity contribution in [3.63, 3.8) is 0 Å². The summed E-state index contributed by atoms with van der Waals surface area (Å²) in [5.74, 6) is -2.99. The van der Waals surface area contributed by atoms with Crippen LogP contribution >= 0.6 is 11.6 Å². The third-order valence-corrected chi connectivity index (χ3v) is 3.58. The Bertz CT molecular complexity index is 954.